The quantitative estimate of drug-likeness (QED) is 0.880. The molecule has 0 atom stereocenters. The van der Waals surface area contributed by atoms with E-state index in [1.807, 2.05) is 11.8 Å². The molecule has 6 nitrogen and oxygen atoms in total. The van der Waals surface area contributed by atoms with Gasteiger partial charge in [-0.05, 0) is 29.5 Å². The number of aromatic nitrogens is 5. The summed E-state index contributed by atoms with van der Waals surface area (Å²) in [7, 11) is 0. The van der Waals surface area contributed by atoms with Gasteiger partial charge in [0.05, 0.1) is 12.4 Å². The third-order valence-electron chi connectivity index (χ3n) is 3.40. The summed E-state index contributed by atoms with van der Waals surface area (Å²) >= 11 is 1.94. The highest BCUT2D eigenvalue weighted by Gasteiger charge is 2.35. The molecule has 2 aromatic rings. The Balaban J connectivity index is 1.78. The Bertz CT molecular complexity index is 515. The van der Waals surface area contributed by atoms with Gasteiger partial charge in [0.1, 0.15) is 5.82 Å². The smallest absolute Gasteiger partial charge is 0.199 e. The monoisotopic (exact) mass is 250 g/mol. The predicted octanol–water partition coefficient (Wildman–Crippen LogP) is 1.22. The first kappa shape index (κ1) is 10.8. The van der Waals surface area contributed by atoms with Gasteiger partial charge < -0.3 is 5.32 Å². The van der Waals surface area contributed by atoms with Crippen molar-refractivity contribution in [1.29, 1.82) is 0 Å². The zero-order valence-corrected chi connectivity index (χ0v) is 10.4. The fourth-order valence-electron chi connectivity index (χ4n) is 2.07. The molecule has 0 aliphatic heterocycles. The number of thioether (sulfide) groups is 1. The van der Waals surface area contributed by atoms with Crippen LogP contribution in [-0.2, 0) is 0 Å². The van der Waals surface area contributed by atoms with Gasteiger partial charge in [-0.1, -0.05) is 6.42 Å². The highest BCUT2D eigenvalue weighted by atomic mass is 32.2. The Kier molecular flexibility index (Phi) is 2.62. The maximum Gasteiger partial charge on any atom is 0.199 e. The lowest BCUT2D eigenvalue weighted by Gasteiger charge is -2.40. The average molecular weight is 250 g/mol. The summed E-state index contributed by atoms with van der Waals surface area (Å²) in [6, 6.07) is 0. The standard InChI is InChI=1S/C10H14N6S/c1-17-10(3-2-4-10)7-12-8-5-11-6-9-13-14-15-16(8)9/h5-6,12H,2-4,7H2,1H3. The molecule has 0 aromatic carbocycles. The van der Waals surface area contributed by atoms with Crippen molar-refractivity contribution >= 4 is 23.2 Å². The number of anilines is 1. The predicted molar refractivity (Wildman–Crippen MR) is 67.2 cm³/mol. The molecular formula is C10H14N6S. The molecule has 3 rings (SSSR count). The Morgan fingerprint density at radius 1 is 1.47 bits per heavy atom. The number of nitrogens with zero attached hydrogens (tertiary/aromatic N) is 5. The summed E-state index contributed by atoms with van der Waals surface area (Å²) in [6.45, 7) is 0.939. The molecule has 1 N–H and O–H groups in total. The zero-order chi connectivity index (χ0) is 11.7. The van der Waals surface area contributed by atoms with Gasteiger partial charge in [-0.25, -0.2) is 0 Å². The van der Waals surface area contributed by atoms with Crippen LogP contribution < -0.4 is 5.32 Å². The van der Waals surface area contributed by atoms with Gasteiger partial charge in [0.2, 0.25) is 0 Å². The first-order chi connectivity index (χ1) is 8.33. The molecule has 0 radical (unpaired) electrons. The summed E-state index contributed by atoms with van der Waals surface area (Å²) < 4.78 is 2.07. The lowest BCUT2D eigenvalue weighted by Crippen LogP contribution is -2.40. The molecule has 0 saturated heterocycles. The number of tetrazole rings is 1. The fraction of sp³-hybridized carbons (Fsp3) is 0.600. The van der Waals surface area contributed by atoms with Crippen LogP contribution in [-0.4, -0.2) is 42.6 Å². The van der Waals surface area contributed by atoms with Crippen molar-refractivity contribution in [2.75, 3.05) is 18.1 Å². The van der Waals surface area contributed by atoms with E-state index in [4.69, 9.17) is 0 Å². The lowest BCUT2D eigenvalue weighted by atomic mass is 9.84. The second-order valence-electron chi connectivity index (χ2n) is 4.34. The van der Waals surface area contributed by atoms with Crippen molar-refractivity contribution in [3.05, 3.63) is 12.4 Å². The van der Waals surface area contributed by atoms with Gasteiger partial charge in [0, 0.05) is 11.3 Å². The first-order valence-electron chi connectivity index (χ1n) is 5.64. The van der Waals surface area contributed by atoms with Gasteiger partial charge in [0.25, 0.3) is 0 Å². The molecule has 0 amide bonds. The third-order valence-corrected chi connectivity index (χ3v) is 4.82. The van der Waals surface area contributed by atoms with E-state index < -0.39 is 0 Å². The minimum Gasteiger partial charge on any atom is -0.367 e. The van der Waals surface area contributed by atoms with Gasteiger partial charge in [-0.15, -0.1) is 5.10 Å². The van der Waals surface area contributed by atoms with Crippen LogP contribution in [0.25, 0.3) is 5.65 Å². The molecule has 2 aromatic heterocycles. The van der Waals surface area contributed by atoms with Crippen molar-refractivity contribution in [2.24, 2.45) is 0 Å². The second-order valence-corrected chi connectivity index (χ2v) is 5.61. The molecule has 1 saturated carbocycles. The molecule has 0 unspecified atom stereocenters. The van der Waals surface area contributed by atoms with Gasteiger partial charge >= 0.3 is 0 Å². The van der Waals surface area contributed by atoms with Crippen molar-refractivity contribution in [1.82, 2.24) is 25.0 Å². The van der Waals surface area contributed by atoms with E-state index in [1.54, 1.807) is 16.9 Å². The van der Waals surface area contributed by atoms with E-state index >= 15 is 0 Å². The molecule has 2 heterocycles. The number of rotatable bonds is 4. The summed E-state index contributed by atoms with van der Waals surface area (Å²) in [5, 5.41) is 14.9. The fourth-order valence-corrected chi connectivity index (χ4v) is 2.99. The van der Waals surface area contributed by atoms with Crippen LogP contribution in [0, 0.1) is 0 Å². The van der Waals surface area contributed by atoms with Crippen LogP contribution >= 0.6 is 11.8 Å². The van der Waals surface area contributed by atoms with E-state index in [1.165, 1.54) is 19.3 Å². The Morgan fingerprint density at radius 3 is 3.06 bits per heavy atom. The van der Waals surface area contributed by atoms with Crippen molar-refractivity contribution < 1.29 is 0 Å². The van der Waals surface area contributed by atoms with E-state index in [-0.39, 0.29) is 0 Å². The molecule has 1 fully saturated rings. The minimum absolute atomic E-state index is 0.385. The number of fused-ring (bicyclic) bond motifs is 1. The van der Waals surface area contributed by atoms with Gasteiger partial charge in [-0.3, -0.25) is 4.98 Å². The number of hydrogen-bond donors (Lipinski definition) is 1. The van der Waals surface area contributed by atoms with Crippen LogP contribution in [0.4, 0.5) is 5.82 Å². The molecule has 7 heteroatoms. The van der Waals surface area contributed by atoms with E-state index in [0.717, 1.165) is 12.4 Å². The van der Waals surface area contributed by atoms with Crippen molar-refractivity contribution in [3.8, 4) is 0 Å². The Hall–Kier alpha value is -1.37. The van der Waals surface area contributed by atoms with Crippen LogP contribution in [0.15, 0.2) is 12.4 Å². The Morgan fingerprint density at radius 2 is 2.35 bits per heavy atom. The molecule has 1 aliphatic carbocycles. The average Bonchev–Trinajstić information content (AvgIpc) is 2.77. The molecule has 90 valence electrons. The number of hydrogen-bond acceptors (Lipinski definition) is 6. The van der Waals surface area contributed by atoms with E-state index in [0.29, 0.717) is 10.4 Å². The SMILES string of the molecule is CSC1(CNc2cncc3nnnn23)CCC1. The largest absolute Gasteiger partial charge is 0.367 e. The molecule has 1 aliphatic rings. The highest BCUT2D eigenvalue weighted by molar-refractivity contribution is 8.00. The lowest BCUT2D eigenvalue weighted by molar-refractivity contribution is 0.379. The van der Waals surface area contributed by atoms with E-state index in [2.05, 4.69) is 32.1 Å². The minimum atomic E-state index is 0.385. The van der Waals surface area contributed by atoms with Crippen LogP contribution in [0.5, 0.6) is 0 Å². The summed E-state index contributed by atoms with van der Waals surface area (Å²) in [5.41, 5.74) is 0.668. The van der Waals surface area contributed by atoms with Crippen molar-refractivity contribution in [2.45, 2.75) is 24.0 Å². The molecule has 17 heavy (non-hydrogen) atoms. The molecule has 0 bridgehead atoms. The number of nitrogens with one attached hydrogen (secondary N) is 1. The van der Waals surface area contributed by atoms with Crippen LogP contribution in [0.1, 0.15) is 19.3 Å². The van der Waals surface area contributed by atoms with Crippen molar-refractivity contribution in [3.63, 3.8) is 0 Å². The van der Waals surface area contributed by atoms with Crippen LogP contribution in [0.3, 0.4) is 0 Å². The third kappa shape index (κ3) is 1.84. The first-order valence-corrected chi connectivity index (χ1v) is 6.87. The topological polar surface area (TPSA) is 68.0 Å². The maximum absolute atomic E-state index is 4.12. The second kappa shape index (κ2) is 4.14. The molecule has 0 spiro atoms. The van der Waals surface area contributed by atoms with Gasteiger partial charge in [-0.2, -0.15) is 16.3 Å². The summed E-state index contributed by atoms with van der Waals surface area (Å²) in [5.74, 6) is 0.854. The highest BCUT2D eigenvalue weighted by Crippen LogP contribution is 2.42. The Labute approximate surface area is 103 Å². The summed E-state index contributed by atoms with van der Waals surface area (Å²) in [6.07, 6.45) is 9.47. The van der Waals surface area contributed by atoms with Crippen LogP contribution in [0.2, 0.25) is 0 Å². The van der Waals surface area contributed by atoms with Gasteiger partial charge in [0.15, 0.2) is 5.65 Å². The maximum atomic E-state index is 4.12. The molecular weight excluding hydrogens is 236 g/mol. The zero-order valence-electron chi connectivity index (χ0n) is 9.63. The van der Waals surface area contributed by atoms with E-state index in [9.17, 15) is 0 Å². The normalized spacial score (nSPS) is 17.9. The summed E-state index contributed by atoms with van der Waals surface area (Å²) in [4.78, 5) is 4.12.